The standard InChI is InChI=1S/C15H17Cl2N3O/c1-11-8-14(20(6-4-16)7-5-17)3-2-12(11)9-13(10-18)15(19)21/h2-3,8-9H,4-7H2,1H3,(H2,19,21)/b13-9+. The van der Waals surface area contributed by atoms with Crippen LogP contribution in [0.4, 0.5) is 5.69 Å². The summed E-state index contributed by atoms with van der Waals surface area (Å²) in [6.45, 7) is 3.31. The quantitative estimate of drug-likeness (QED) is 0.476. The molecule has 0 fully saturated rings. The molecule has 1 aromatic rings. The highest BCUT2D eigenvalue weighted by molar-refractivity contribution is 6.18. The van der Waals surface area contributed by atoms with Gasteiger partial charge in [0, 0.05) is 30.5 Å². The van der Waals surface area contributed by atoms with Gasteiger partial charge in [-0.1, -0.05) is 6.07 Å². The minimum Gasteiger partial charge on any atom is -0.369 e. The van der Waals surface area contributed by atoms with E-state index in [1.54, 1.807) is 6.07 Å². The molecule has 0 saturated carbocycles. The zero-order chi connectivity index (χ0) is 15.8. The first-order chi connectivity index (χ1) is 10.0. The van der Waals surface area contributed by atoms with Crippen LogP contribution in [0.25, 0.3) is 6.08 Å². The van der Waals surface area contributed by atoms with Crippen molar-refractivity contribution in [3.8, 4) is 6.07 Å². The van der Waals surface area contributed by atoms with Crippen molar-refractivity contribution in [2.45, 2.75) is 6.92 Å². The van der Waals surface area contributed by atoms with Gasteiger partial charge < -0.3 is 10.6 Å². The van der Waals surface area contributed by atoms with Crippen molar-refractivity contribution < 1.29 is 4.79 Å². The third-order valence-corrected chi connectivity index (χ3v) is 3.35. The first kappa shape index (κ1) is 17.4. The van der Waals surface area contributed by atoms with Gasteiger partial charge in [-0.25, -0.2) is 0 Å². The Morgan fingerprint density at radius 3 is 2.43 bits per heavy atom. The molecule has 0 aliphatic carbocycles. The van der Waals surface area contributed by atoms with Gasteiger partial charge in [0.05, 0.1) is 0 Å². The second-order valence-corrected chi connectivity index (χ2v) is 5.20. The molecule has 0 unspecified atom stereocenters. The number of primary amides is 1. The number of halogens is 2. The Morgan fingerprint density at radius 2 is 2.00 bits per heavy atom. The van der Waals surface area contributed by atoms with E-state index in [-0.39, 0.29) is 5.57 Å². The molecule has 0 bridgehead atoms. The molecule has 0 radical (unpaired) electrons. The van der Waals surface area contributed by atoms with Crippen LogP contribution in [-0.2, 0) is 4.79 Å². The predicted molar refractivity (Wildman–Crippen MR) is 87.6 cm³/mol. The number of carbonyl (C=O) groups excluding carboxylic acids is 1. The lowest BCUT2D eigenvalue weighted by molar-refractivity contribution is -0.114. The molecule has 0 aliphatic rings. The average molecular weight is 326 g/mol. The summed E-state index contributed by atoms with van der Waals surface area (Å²) in [6.07, 6.45) is 1.49. The molecule has 1 aromatic carbocycles. The van der Waals surface area contributed by atoms with Crippen LogP contribution >= 0.6 is 23.2 Å². The molecule has 1 amide bonds. The zero-order valence-corrected chi connectivity index (χ0v) is 13.3. The molecule has 0 aliphatic heterocycles. The van der Waals surface area contributed by atoms with E-state index in [9.17, 15) is 4.79 Å². The molecule has 112 valence electrons. The van der Waals surface area contributed by atoms with E-state index in [1.165, 1.54) is 6.08 Å². The predicted octanol–water partition coefficient (Wildman–Crippen LogP) is 2.67. The van der Waals surface area contributed by atoms with Gasteiger partial charge in [0.1, 0.15) is 11.6 Å². The lowest BCUT2D eigenvalue weighted by atomic mass is 10.0. The van der Waals surface area contributed by atoms with Crippen molar-refractivity contribution in [2.24, 2.45) is 5.73 Å². The number of hydrogen-bond acceptors (Lipinski definition) is 3. The van der Waals surface area contributed by atoms with Gasteiger partial charge in [-0.15, -0.1) is 23.2 Å². The van der Waals surface area contributed by atoms with Gasteiger partial charge >= 0.3 is 0 Å². The Hall–Kier alpha value is -1.70. The molecular formula is C15H17Cl2N3O. The molecule has 4 nitrogen and oxygen atoms in total. The van der Waals surface area contributed by atoms with E-state index in [1.807, 2.05) is 25.1 Å². The number of nitriles is 1. The van der Waals surface area contributed by atoms with Gasteiger partial charge in [-0.2, -0.15) is 5.26 Å². The summed E-state index contributed by atoms with van der Waals surface area (Å²) in [5.41, 5.74) is 7.80. The average Bonchev–Trinajstić information content (AvgIpc) is 2.45. The van der Waals surface area contributed by atoms with E-state index < -0.39 is 5.91 Å². The fourth-order valence-electron chi connectivity index (χ4n) is 1.91. The summed E-state index contributed by atoms with van der Waals surface area (Å²) < 4.78 is 0. The van der Waals surface area contributed by atoms with Gasteiger partial charge in [0.2, 0.25) is 0 Å². The smallest absolute Gasteiger partial charge is 0.259 e. The van der Waals surface area contributed by atoms with Gasteiger partial charge in [-0.05, 0) is 36.3 Å². The summed E-state index contributed by atoms with van der Waals surface area (Å²) in [7, 11) is 0. The topological polar surface area (TPSA) is 70.1 Å². The molecule has 6 heteroatoms. The SMILES string of the molecule is Cc1cc(N(CCCl)CCCl)ccc1/C=C(\C#N)C(N)=O. The van der Waals surface area contributed by atoms with Crippen LogP contribution in [0.2, 0.25) is 0 Å². The molecule has 0 spiro atoms. The lowest BCUT2D eigenvalue weighted by Gasteiger charge is -2.23. The zero-order valence-electron chi connectivity index (χ0n) is 11.8. The Kier molecular flexibility index (Phi) is 7.07. The van der Waals surface area contributed by atoms with E-state index in [4.69, 9.17) is 34.2 Å². The molecule has 0 atom stereocenters. The lowest BCUT2D eigenvalue weighted by Crippen LogP contribution is -2.27. The molecular weight excluding hydrogens is 309 g/mol. The van der Waals surface area contributed by atoms with Gasteiger partial charge in [0.25, 0.3) is 5.91 Å². The van der Waals surface area contributed by atoms with Crippen molar-refractivity contribution >= 4 is 40.9 Å². The number of alkyl halides is 2. The summed E-state index contributed by atoms with van der Waals surface area (Å²) in [5, 5.41) is 8.87. The number of nitrogens with two attached hydrogens (primary N) is 1. The Bertz CT molecular complexity index is 573. The summed E-state index contributed by atoms with van der Waals surface area (Å²) in [6, 6.07) is 7.53. The number of benzene rings is 1. The van der Waals surface area contributed by atoms with Crippen LogP contribution in [0, 0.1) is 18.3 Å². The van der Waals surface area contributed by atoms with Crippen molar-refractivity contribution in [2.75, 3.05) is 29.7 Å². The van der Waals surface area contributed by atoms with Crippen LogP contribution in [0.3, 0.4) is 0 Å². The Morgan fingerprint density at radius 1 is 1.38 bits per heavy atom. The largest absolute Gasteiger partial charge is 0.369 e. The highest BCUT2D eigenvalue weighted by atomic mass is 35.5. The minimum absolute atomic E-state index is 0.0655. The van der Waals surface area contributed by atoms with Crippen LogP contribution in [0.1, 0.15) is 11.1 Å². The monoisotopic (exact) mass is 325 g/mol. The Labute approximate surface area is 134 Å². The van der Waals surface area contributed by atoms with Crippen molar-refractivity contribution in [1.82, 2.24) is 0 Å². The van der Waals surface area contributed by atoms with Crippen LogP contribution in [0.15, 0.2) is 23.8 Å². The maximum Gasteiger partial charge on any atom is 0.259 e. The van der Waals surface area contributed by atoms with Crippen molar-refractivity contribution in [3.63, 3.8) is 0 Å². The second-order valence-electron chi connectivity index (χ2n) is 4.44. The maximum atomic E-state index is 11.1. The molecule has 0 heterocycles. The van der Waals surface area contributed by atoms with Crippen LogP contribution in [0.5, 0.6) is 0 Å². The first-order valence-corrected chi connectivity index (χ1v) is 7.49. The van der Waals surface area contributed by atoms with Crippen molar-refractivity contribution in [1.29, 1.82) is 5.26 Å². The number of aryl methyl sites for hydroxylation is 1. The van der Waals surface area contributed by atoms with E-state index in [2.05, 4.69) is 4.90 Å². The van der Waals surface area contributed by atoms with Gasteiger partial charge in [0.15, 0.2) is 0 Å². The summed E-state index contributed by atoms with van der Waals surface area (Å²) >= 11 is 11.6. The summed E-state index contributed by atoms with van der Waals surface area (Å²) in [4.78, 5) is 13.2. The number of amides is 1. The van der Waals surface area contributed by atoms with Crippen LogP contribution in [-0.4, -0.2) is 30.8 Å². The highest BCUT2D eigenvalue weighted by Gasteiger charge is 2.09. The maximum absolute atomic E-state index is 11.1. The fraction of sp³-hybridized carbons (Fsp3) is 0.333. The first-order valence-electron chi connectivity index (χ1n) is 6.42. The fourth-order valence-corrected chi connectivity index (χ4v) is 2.31. The molecule has 1 rings (SSSR count). The third-order valence-electron chi connectivity index (χ3n) is 3.01. The minimum atomic E-state index is -0.730. The molecule has 0 saturated heterocycles. The molecule has 0 aromatic heterocycles. The number of anilines is 1. The van der Waals surface area contributed by atoms with E-state index >= 15 is 0 Å². The number of hydrogen-bond donors (Lipinski definition) is 1. The van der Waals surface area contributed by atoms with Crippen molar-refractivity contribution in [3.05, 3.63) is 34.9 Å². The molecule has 2 N–H and O–H groups in total. The summed E-state index contributed by atoms with van der Waals surface area (Å²) in [5.74, 6) is 0.294. The van der Waals surface area contributed by atoms with Crippen LogP contribution < -0.4 is 10.6 Å². The van der Waals surface area contributed by atoms with E-state index in [0.717, 1.165) is 16.8 Å². The van der Waals surface area contributed by atoms with Gasteiger partial charge in [-0.3, -0.25) is 4.79 Å². The Balaban J connectivity index is 3.10. The normalized spacial score (nSPS) is 11.0. The third kappa shape index (κ3) is 4.96. The molecule has 21 heavy (non-hydrogen) atoms. The highest BCUT2D eigenvalue weighted by Crippen LogP contribution is 2.21. The van der Waals surface area contributed by atoms with E-state index in [0.29, 0.717) is 24.8 Å². The second kappa shape index (κ2) is 8.56. The number of carbonyl (C=O) groups is 1. The number of nitrogens with zero attached hydrogens (tertiary/aromatic N) is 2. The number of rotatable bonds is 7.